The first kappa shape index (κ1) is 19.7. The first-order chi connectivity index (χ1) is 13.9. The van der Waals surface area contributed by atoms with E-state index in [1.807, 2.05) is 0 Å². The van der Waals surface area contributed by atoms with E-state index in [-0.39, 0.29) is 22.1 Å². The number of non-ortho nitro benzene ring substituents is 1. The van der Waals surface area contributed by atoms with Gasteiger partial charge in [0.05, 0.1) is 11.2 Å². The Kier molecular flexibility index (Phi) is 5.95. The lowest BCUT2D eigenvalue weighted by Gasteiger charge is -2.11. The SMILES string of the molecule is O=C(NC(=S)Nc1cccc(NC(=O)c2ccco2)c1)c1cccc([N+](=O)[O-])c1. The molecule has 0 saturated carbocycles. The number of hydrogen-bond donors (Lipinski definition) is 3. The fraction of sp³-hybridized carbons (Fsp3) is 0. The van der Waals surface area contributed by atoms with Gasteiger partial charge in [0.25, 0.3) is 17.5 Å². The number of nitrogens with one attached hydrogen (secondary N) is 3. The molecule has 0 aliphatic heterocycles. The molecule has 0 unspecified atom stereocenters. The number of nitro benzene ring substituents is 1. The predicted molar refractivity (Wildman–Crippen MR) is 110 cm³/mol. The molecule has 3 rings (SSSR count). The Labute approximate surface area is 169 Å². The minimum Gasteiger partial charge on any atom is -0.459 e. The maximum Gasteiger partial charge on any atom is 0.291 e. The van der Waals surface area contributed by atoms with Gasteiger partial charge in [-0.15, -0.1) is 0 Å². The zero-order chi connectivity index (χ0) is 20.8. The molecule has 0 saturated heterocycles. The van der Waals surface area contributed by atoms with Gasteiger partial charge in [-0.05, 0) is 48.6 Å². The Balaban J connectivity index is 1.62. The van der Waals surface area contributed by atoms with E-state index in [2.05, 4.69) is 16.0 Å². The highest BCUT2D eigenvalue weighted by atomic mass is 32.1. The number of thiocarbonyl (C=S) groups is 1. The zero-order valence-electron chi connectivity index (χ0n) is 14.7. The van der Waals surface area contributed by atoms with Gasteiger partial charge in [-0.2, -0.15) is 0 Å². The standard InChI is InChI=1S/C19H14N4O5S/c24-17(12-4-1-7-15(10-12)23(26)27)22-19(29)21-14-6-2-5-13(11-14)20-18(25)16-8-3-9-28-16/h1-11H,(H,20,25)(H2,21,22,24,29). The lowest BCUT2D eigenvalue weighted by molar-refractivity contribution is -0.384. The second kappa shape index (κ2) is 8.76. The van der Waals surface area contributed by atoms with Crippen LogP contribution in [-0.2, 0) is 0 Å². The van der Waals surface area contributed by atoms with Crippen molar-refractivity contribution in [1.29, 1.82) is 0 Å². The highest BCUT2D eigenvalue weighted by Gasteiger charge is 2.13. The van der Waals surface area contributed by atoms with E-state index in [9.17, 15) is 19.7 Å². The van der Waals surface area contributed by atoms with Crippen LogP contribution in [0.25, 0.3) is 0 Å². The Morgan fingerprint density at radius 1 is 0.931 bits per heavy atom. The normalized spacial score (nSPS) is 10.1. The third-order valence-electron chi connectivity index (χ3n) is 3.67. The molecular formula is C19H14N4O5S. The topological polar surface area (TPSA) is 127 Å². The molecule has 0 bridgehead atoms. The summed E-state index contributed by atoms with van der Waals surface area (Å²) in [5, 5.41) is 18.8. The fourth-order valence-electron chi connectivity index (χ4n) is 2.37. The van der Waals surface area contributed by atoms with E-state index in [1.54, 1.807) is 30.3 Å². The number of carbonyl (C=O) groups excluding carboxylic acids is 2. The van der Waals surface area contributed by atoms with E-state index in [0.29, 0.717) is 11.4 Å². The number of rotatable bonds is 5. The second-order valence-electron chi connectivity index (χ2n) is 5.73. The molecule has 0 fully saturated rings. The fourth-order valence-corrected chi connectivity index (χ4v) is 2.58. The summed E-state index contributed by atoms with van der Waals surface area (Å²) in [7, 11) is 0. The molecule has 10 heteroatoms. The van der Waals surface area contributed by atoms with Crippen molar-refractivity contribution in [3.63, 3.8) is 0 Å². The third kappa shape index (κ3) is 5.23. The molecule has 9 nitrogen and oxygen atoms in total. The molecule has 1 heterocycles. The average molecular weight is 410 g/mol. The first-order valence-electron chi connectivity index (χ1n) is 8.24. The molecule has 0 spiro atoms. The van der Waals surface area contributed by atoms with Crippen molar-refractivity contribution in [1.82, 2.24) is 5.32 Å². The summed E-state index contributed by atoms with van der Waals surface area (Å²) in [6.45, 7) is 0. The van der Waals surface area contributed by atoms with Gasteiger partial charge in [0, 0.05) is 29.1 Å². The summed E-state index contributed by atoms with van der Waals surface area (Å²) in [6.07, 6.45) is 1.40. The number of carbonyl (C=O) groups is 2. The number of furan rings is 1. The molecule has 1 aromatic heterocycles. The molecule has 0 aliphatic rings. The van der Waals surface area contributed by atoms with Crippen molar-refractivity contribution < 1.29 is 18.9 Å². The Hall–Kier alpha value is -4.05. The van der Waals surface area contributed by atoms with E-state index in [0.717, 1.165) is 6.07 Å². The molecule has 2 amide bonds. The molecule has 29 heavy (non-hydrogen) atoms. The zero-order valence-corrected chi connectivity index (χ0v) is 15.6. The Morgan fingerprint density at radius 2 is 1.66 bits per heavy atom. The second-order valence-corrected chi connectivity index (χ2v) is 6.14. The lowest BCUT2D eigenvalue weighted by atomic mass is 10.2. The highest BCUT2D eigenvalue weighted by Crippen LogP contribution is 2.17. The third-order valence-corrected chi connectivity index (χ3v) is 3.87. The number of benzene rings is 2. The maximum absolute atomic E-state index is 12.2. The Bertz CT molecular complexity index is 1080. The van der Waals surface area contributed by atoms with Crippen molar-refractivity contribution >= 4 is 46.2 Å². The number of anilines is 2. The van der Waals surface area contributed by atoms with Crippen LogP contribution in [0.4, 0.5) is 17.1 Å². The molecule has 0 aliphatic carbocycles. The van der Waals surface area contributed by atoms with Gasteiger partial charge < -0.3 is 15.1 Å². The van der Waals surface area contributed by atoms with Crippen molar-refractivity contribution in [3.8, 4) is 0 Å². The number of amides is 2. The van der Waals surface area contributed by atoms with Gasteiger partial charge in [0.15, 0.2) is 10.9 Å². The summed E-state index contributed by atoms with van der Waals surface area (Å²) in [6, 6.07) is 15.1. The van der Waals surface area contributed by atoms with Crippen LogP contribution in [0, 0.1) is 10.1 Å². The van der Waals surface area contributed by atoms with Crippen LogP contribution in [0.3, 0.4) is 0 Å². The van der Waals surface area contributed by atoms with Gasteiger partial charge in [-0.25, -0.2) is 0 Å². The van der Waals surface area contributed by atoms with Crippen LogP contribution in [0.5, 0.6) is 0 Å². The summed E-state index contributed by atoms with van der Waals surface area (Å²) >= 11 is 5.11. The smallest absolute Gasteiger partial charge is 0.291 e. The Morgan fingerprint density at radius 3 is 2.34 bits per heavy atom. The maximum atomic E-state index is 12.2. The van der Waals surface area contributed by atoms with E-state index < -0.39 is 16.7 Å². The van der Waals surface area contributed by atoms with Crippen molar-refractivity contribution in [2.75, 3.05) is 10.6 Å². The molecule has 0 radical (unpaired) electrons. The van der Waals surface area contributed by atoms with Crippen molar-refractivity contribution in [2.45, 2.75) is 0 Å². The molecule has 146 valence electrons. The van der Waals surface area contributed by atoms with Crippen LogP contribution < -0.4 is 16.0 Å². The van der Waals surface area contributed by atoms with Crippen LogP contribution in [0.15, 0.2) is 71.3 Å². The van der Waals surface area contributed by atoms with Gasteiger partial charge in [-0.1, -0.05) is 12.1 Å². The van der Waals surface area contributed by atoms with E-state index in [1.165, 1.54) is 30.5 Å². The number of nitrogens with zero attached hydrogens (tertiary/aromatic N) is 1. The van der Waals surface area contributed by atoms with Crippen molar-refractivity contribution in [3.05, 3.63) is 88.4 Å². The molecule has 0 atom stereocenters. The average Bonchev–Trinajstić information content (AvgIpc) is 3.23. The summed E-state index contributed by atoms with van der Waals surface area (Å²) in [5.41, 5.74) is 0.912. The van der Waals surface area contributed by atoms with Crippen molar-refractivity contribution in [2.24, 2.45) is 0 Å². The quantitative estimate of drug-likeness (QED) is 0.333. The summed E-state index contributed by atoms with van der Waals surface area (Å²) < 4.78 is 5.03. The minimum atomic E-state index is -0.589. The first-order valence-corrected chi connectivity index (χ1v) is 8.65. The minimum absolute atomic E-state index is 0.00369. The van der Waals surface area contributed by atoms with Crippen LogP contribution >= 0.6 is 12.2 Å². The van der Waals surface area contributed by atoms with Gasteiger partial charge in [-0.3, -0.25) is 25.0 Å². The lowest BCUT2D eigenvalue weighted by Crippen LogP contribution is -2.34. The molecule has 3 aromatic rings. The van der Waals surface area contributed by atoms with Crippen LogP contribution in [0.1, 0.15) is 20.9 Å². The van der Waals surface area contributed by atoms with Crippen LogP contribution in [-0.4, -0.2) is 21.9 Å². The molecule has 3 N–H and O–H groups in total. The monoisotopic (exact) mass is 410 g/mol. The van der Waals surface area contributed by atoms with Gasteiger partial charge in [0.2, 0.25) is 0 Å². The highest BCUT2D eigenvalue weighted by molar-refractivity contribution is 7.80. The molecular weight excluding hydrogens is 396 g/mol. The van der Waals surface area contributed by atoms with E-state index >= 15 is 0 Å². The molecule has 2 aromatic carbocycles. The predicted octanol–water partition coefficient (Wildman–Crippen LogP) is 3.57. The van der Waals surface area contributed by atoms with Crippen LogP contribution in [0.2, 0.25) is 0 Å². The van der Waals surface area contributed by atoms with Gasteiger partial charge >= 0.3 is 0 Å². The van der Waals surface area contributed by atoms with Gasteiger partial charge in [0.1, 0.15) is 0 Å². The largest absolute Gasteiger partial charge is 0.459 e. The number of hydrogen-bond acceptors (Lipinski definition) is 6. The number of nitro groups is 1. The summed E-state index contributed by atoms with van der Waals surface area (Å²) in [4.78, 5) is 34.5. The summed E-state index contributed by atoms with van der Waals surface area (Å²) in [5.74, 6) is -0.828. The van der Waals surface area contributed by atoms with E-state index in [4.69, 9.17) is 16.6 Å².